The Morgan fingerprint density at radius 2 is 1.66 bits per heavy atom. The Balaban J connectivity index is 1.81. The van der Waals surface area contributed by atoms with Gasteiger partial charge in [-0.15, -0.1) is 0 Å². The number of halogens is 7. The Morgan fingerprint density at radius 3 is 2.19 bits per heavy atom. The lowest BCUT2D eigenvalue weighted by atomic mass is 10.0. The predicted molar refractivity (Wildman–Crippen MR) is 101 cm³/mol. The number of benzene rings is 2. The first kappa shape index (κ1) is 24.1. The van der Waals surface area contributed by atoms with Gasteiger partial charge >= 0.3 is 6.11 Å². The van der Waals surface area contributed by atoms with Gasteiger partial charge in [-0.25, -0.2) is 13.2 Å². The highest BCUT2D eigenvalue weighted by Crippen LogP contribution is 2.35. The fourth-order valence-electron chi connectivity index (χ4n) is 3.33. The highest BCUT2D eigenvalue weighted by molar-refractivity contribution is 5.66. The summed E-state index contributed by atoms with van der Waals surface area (Å²) in [6.07, 6.45) is -7.21. The van der Waals surface area contributed by atoms with E-state index >= 15 is 0 Å². The summed E-state index contributed by atoms with van der Waals surface area (Å²) in [5.74, 6) is -5.41. The average molecular weight is 464 g/mol. The zero-order valence-electron chi connectivity index (χ0n) is 16.8. The molecule has 32 heavy (non-hydrogen) atoms. The van der Waals surface area contributed by atoms with Gasteiger partial charge in [0, 0.05) is 17.0 Å². The minimum absolute atomic E-state index is 0.223. The largest absolute Gasteiger partial charge is 0.425 e. The molecule has 2 aromatic carbocycles. The molecule has 2 aromatic rings. The molecule has 0 N–H and O–H groups in total. The van der Waals surface area contributed by atoms with Crippen LogP contribution < -0.4 is 4.74 Å². The molecule has 0 radical (unpaired) electrons. The topological polar surface area (TPSA) is 27.7 Å². The maximum Gasteiger partial charge on any atom is 0.425 e. The molecule has 1 heterocycles. The highest BCUT2D eigenvalue weighted by atomic mass is 19.3. The van der Waals surface area contributed by atoms with Crippen LogP contribution in [0.3, 0.4) is 0 Å². The molecule has 3 nitrogen and oxygen atoms in total. The minimum atomic E-state index is -4.65. The van der Waals surface area contributed by atoms with E-state index in [2.05, 4.69) is 4.74 Å². The van der Waals surface area contributed by atoms with Crippen molar-refractivity contribution in [3.05, 3.63) is 65.5 Å². The SMILES string of the molecule is CCCC1COC(c2ccc(-c3cc(F)c(OC(F)(F)C=C(F)F)c(F)c3)c(F)c2)OC1. The predicted octanol–water partition coefficient (Wildman–Crippen LogP) is 6.98. The van der Waals surface area contributed by atoms with Gasteiger partial charge < -0.3 is 14.2 Å². The van der Waals surface area contributed by atoms with E-state index in [1.165, 1.54) is 12.1 Å². The third kappa shape index (κ3) is 5.80. The molecule has 0 aliphatic carbocycles. The maximum absolute atomic E-state index is 14.7. The van der Waals surface area contributed by atoms with E-state index in [0.29, 0.717) is 30.9 Å². The van der Waals surface area contributed by atoms with E-state index in [1.54, 1.807) is 0 Å². The lowest BCUT2D eigenvalue weighted by Gasteiger charge is -2.29. The smallest absolute Gasteiger partial charge is 0.423 e. The van der Waals surface area contributed by atoms with E-state index in [1.807, 2.05) is 6.92 Å². The van der Waals surface area contributed by atoms with E-state index in [-0.39, 0.29) is 17.0 Å². The Morgan fingerprint density at radius 1 is 1.03 bits per heavy atom. The Hall–Kier alpha value is -2.59. The van der Waals surface area contributed by atoms with Gasteiger partial charge in [0.15, 0.2) is 23.7 Å². The van der Waals surface area contributed by atoms with Gasteiger partial charge in [-0.1, -0.05) is 25.5 Å². The lowest BCUT2D eigenvalue weighted by Crippen LogP contribution is -2.27. The van der Waals surface area contributed by atoms with Gasteiger partial charge in [0.2, 0.25) is 0 Å². The fraction of sp³-hybridized carbons (Fsp3) is 0.364. The molecular weight excluding hydrogens is 445 g/mol. The van der Waals surface area contributed by atoms with Crippen molar-refractivity contribution < 1.29 is 44.9 Å². The fourth-order valence-corrected chi connectivity index (χ4v) is 3.33. The monoisotopic (exact) mass is 464 g/mol. The third-order valence-electron chi connectivity index (χ3n) is 4.75. The van der Waals surface area contributed by atoms with Crippen LogP contribution in [-0.2, 0) is 9.47 Å². The molecule has 0 spiro atoms. The molecule has 0 bridgehead atoms. The molecule has 0 aromatic heterocycles. The van der Waals surface area contributed by atoms with E-state index in [9.17, 15) is 30.7 Å². The van der Waals surface area contributed by atoms with Crippen LogP contribution in [0.25, 0.3) is 11.1 Å². The van der Waals surface area contributed by atoms with E-state index in [0.717, 1.165) is 18.9 Å². The summed E-state index contributed by atoms with van der Waals surface area (Å²) in [5.41, 5.74) is -0.165. The van der Waals surface area contributed by atoms with Crippen LogP contribution in [-0.4, -0.2) is 19.3 Å². The molecule has 0 saturated carbocycles. The number of hydrogen-bond acceptors (Lipinski definition) is 3. The summed E-state index contributed by atoms with van der Waals surface area (Å²) in [4.78, 5) is 0. The average Bonchev–Trinajstić information content (AvgIpc) is 2.70. The number of ether oxygens (including phenoxy) is 3. The Bertz CT molecular complexity index is 958. The summed E-state index contributed by atoms with van der Waals surface area (Å²) >= 11 is 0. The van der Waals surface area contributed by atoms with Crippen molar-refractivity contribution in [2.75, 3.05) is 13.2 Å². The van der Waals surface area contributed by atoms with Gasteiger partial charge in [-0.3, -0.25) is 0 Å². The second kappa shape index (κ2) is 9.91. The molecule has 174 valence electrons. The highest BCUT2D eigenvalue weighted by Gasteiger charge is 2.33. The third-order valence-corrected chi connectivity index (χ3v) is 4.75. The number of hydrogen-bond donors (Lipinski definition) is 0. The van der Waals surface area contributed by atoms with Crippen molar-refractivity contribution in [3.63, 3.8) is 0 Å². The molecule has 1 aliphatic heterocycles. The first-order valence-corrected chi connectivity index (χ1v) is 9.72. The van der Waals surface area contributed by atoms with Gasteiger partial charge in [-0.2, -0.15) is 17.6 Å². The standard InChI is InChI=1S/C22H19F7O3/c1-2-3-12-10-30-21(31-11-12)13-4-5-15(16(23)6-13)14-7-17(24)20(18(25)8-14)32-22(28,29)9-19(26)27/h4-9,12,21H,2-3,10-11H2,1H3. The molecule has 1 aliphatic rings. The molecule has 10 heteroatoms. The molecule has 1 fully saturated rings. The summed E-state index contributed by atoms with van der Waals surface area (Å²) < 4.78 is 109. The summed E-state index contributed by atoms with van der Waals surface area (Å²) in [6, 6.07) is 4.89. The van der Waals surface area contributed by atoms with Crippen LogP contribution in [0.1, 0.15) is 31.6 Å². The van der Waals surface area contributed by atoms with Crippen molar-refractivity contribution >= 4 is 0 Å². The summed E-state index contributed by atoms with van der Waals surface area (Å²) in [7, 11) is 0. The zero-order valence-corrected chi connectivity index (χ0v) is 16.8. The van der Waals surface area contributed by atoms with E-state index < -0.39 is 47.8 Å². The number of alkyl halides is 2. The zero-order chi connectivity index (χ0) is 23.5. The minimum Gasteiger partial charge on any atom is -0.423 e. The molecule has 0 unspecified atom stereocenters. The molecule has 0 amide bonds. The normalized spacial score (nSPS) is 19.0. The first-order valence-electron chi connectivity index (χ1n) is 9.72. The van der Waals surface area contributed by atoms with Crippen LogP contribution in [0, 0.1) is 23.4 Å². The van der Waals surface area contributed by atoms with Crippen LogP contribution in [0.2, 0.25) is 0 Å². The quantitative estimate of drug-likeness (QED) is 0.414. The van der Waals surface area contributed by atoms with Gasteiger partial charge in [0.05, 0.1) is 19.3 Å². The lowest BCUT2D eigenvalue weighted by molar-refractivity contribution is -0.206. The molecule has 3 rings (SSSR count). The van der Waals surface area contributed by atoms with Crippen LogP contribution in [0.15, 0.2) is 42.5 Å². The van der Waals surface area contributed by atoms with Gasteiger partial charge in [-0.05, 0) is 30.2 Å². The van der Waals surface area contributed by atoms with Crippen molar-refractivity contribution in [1.82, 2.24) is 0 Å². The van der Waals surface area contributed by atoms with Gasteiger partial charge in [0.1, 0.15) is 5.82 Å². The molecule has 0 atom stereocenters. The van der Waals surface area contributed by atoms with Gasteiger partial charge in [0.25, 0.3) is 6.08 Å². The van der Waals surface area contributed by atoms with E-state index in [4.69, 9.17) is 9.47 Å². The van der Waals surface area contributed by atoms with Crippen LogP contribution in [0.5, 0.6) is 5.75 Å². The van der Waals surface area contributed by atoms with Crippen molar-refractivity contribution in [2.24, 2.45) is 5.92 Å². The maximum atomic E-state index is 14.7. The Labute approximate surface area is 179 Å². The number of rotatable bonds is 7. The molecular formula is C22H19F7O3. The molecule has 1 saturated heterocycles. The first-order chi connectivity index (χ1) is 15.1. The second-order valence-corrected chi connectivity index (χ2v) is 7.26. The van der Waals surface area contributed by atoms with Crippen molar-refractivity contribution in [3.8, 4) is 16.9 Å². The summed E-state index contributed by atoms with van der Waals surface area (Å²) in [5, 5.41) is 0. The van der Waals surface area contributed by atoms with Crippen LogP contribution in [0.4, 0.5) is 30.7 Å². The summed E-state index contributed by atoms with van der Waals surface area (Å²) in [6.45, 7) is 2.94. The second-order valence-electron chi connectivity index (χ2n) is 7.26. The van der Waals surface area contributed by atoms with Crippen molar-refractivity contribution in [1.29, 1.82) is 0 Å². The van der Waals surface area contributed by atoms with Crippen LogP contribution >= 0.6 is 0 Å². The van der Waals surface area contributed by atoms with Crippen molar-refractivity contribution in [2.45, 2.75) is 32.2 Å². The Kier molecular flexibility index (Phi) is 7.45.